The van der Waals surface area contributed by atoms with Crippen LogP contribution in [0, 0.1) is 11.8 Å². The third kappa shape index (κ3) is 4.24. The molecule has 0 spiro atoms. The van der Waals surface area contributed by atoms with Gasteiger partial charge in [0.2, 0.25) is 11.8 Å². The van der Waals surface area contributed by atoms with Gasteiger partial charge in [0.05, 0.1) is 18.7 Å². The number of carbonyl (C=O) groups is 2. The van der Waals surface area contributed by atoms with E-state index in [1.165, 1.54) is 12.1 Å². The molecule has 2 aliphatic heterocycles. The molecule has 2 heterocycles. The molecule has 2 saturated heterocycles. The fourth-order valence-corrected chi connectivity index (χ4v) is 4.33. The second kappa shape index (κ2) is 8.56. The number of ether oxygens (including phenoxy) is 1. The Labute approximate surface area is 181 Å². The number of rotatable bonds is 5. The maximum atomic E-state index is 12.8. The van der Waals surface area contributed by atoms with Gasteiger partial charge in [0.15, 0.2) is 0 Å². The first-order valence-electron chi connectivity index (χ1n) is 10.2. The van der Waals surface area contributed by atoms with Crippen molar-refractivity contribution in [3.8, 4) is 5.75 Å². The zero-order chi connectivity index (χ0) is 21.3. The van der Waals surface area contributed by atoms with Gasteiger partial charge >= 0.3 is 0 Å². The Morgan fingerprint density at radius 3 is 2.60 bits per heavy atom. The number of nitrogens with one attached hydrogen (secondary N) is 1. The number of carbonyl (C=O) groups excluding carboxylic acids is 2. The molecule has 30 heavy (non-hydrogen) atoms. The van der Waals surface area contributed by atoms with E-state index < -0.39 is 5.92 Å². The Morgan fingerprint density at radius 1 is 1.17 bits per heavy atom. The van der Waals surface area contributed by atoms with E-state index in [4.69, 9.17) is 16.3 Å². The number of nitrogens with zero attached hydrogens (tertiary/aromatic N) is 2. The molecular formula is C23H26ClN3O3. The molecule has 0 aromatic heterocycles. The van der Waals surface area contributed by atoms with Gasteiger partial charge in [0.25, 0.3) is 0 Å². The lowest BCUT2D eigenvalue weighted by atomic mass is 10.1. The van der Waals surface area contributed by atoms with Crippen LogP contribution >= 0.6 is 11.6 Å². The molecular weight excluding hydrogens is 402 g/mol. The van der Waals surface area contributed by atoms with Crippen LogP contribution in [0.5, 0.6) is 5.75 Å². The molecule has 2 atom stereocenters. The van der Waals surface area contributed by atoms with Gasteiger partial charge < -0.3 is 19.9 Å². The largest absolute Gasteiger partial charge is 0.495 e. The van der Waals surface area contributed by atoms with E-state index in [9.17, 15) is 9.59 Å². The van der Waals surface area contributed by atoms with Crippen LogP contribution in [0.1, 0.15) is 19.8 Å². The van der Waals surface area contributed by atoms with E-state index in [0.29, 0.717) is 28.9 Å². The summed E-state index contributed by atoms with van der Waals surface area (Å²) < 4.78 is 5.36. The predicted octanol–water partition coefficient (Wildman–Crippen LogP) is 4.19. The van der Waals surface area contributed by atoms with Crippen molar-refractivity contribution < 1.29 is 14.3 Å². The van der Waals surface area contributed by atoms with Crippen LogP contribution in [0.4, 0.5) is 17.1 Å². The smallest absolute Gasteiger partial charge is 0.229 e. The molecule has 7 heteroatoms. The highest BCUT2D eigenvalue weighted by molar-refractivity contribution is 6.31. The number of amides is 2. The fraction of sp³-hybridized carbons (Fsp3) is 0.391. The highest BCUT2D eigenvalue weighted by atomic mass is 35.5. The average Bonchev–Trinajstić information content (AvgIpc) is 3.34. The third-order valence-corrected chi connectivity index (χ3v) is 6.09. The quantitative estimate of drug-likeness (QED) is 0.777. The third-order valence-electron chi connectivity index (χ3n) is 5.85. The van der Waals surface area contributed by atoms with Crippen molar-refractivity contribution in [2.45, 2.75) is 19.8 Å². The first-order chi connectivity index (χ1) is 14.4. The molecule has 1 N–H and O–H groups in total. The summed E-state index contributed by atoms with van der Waals surface area (Å²) in [5.41, 5.74) is 2.50. The summed E-state index contributed by atoms with van der Waals surface area (Å²) >= 11 is 6.10. The molecule has 2 fully saturated rings. The highest BCUT2D eigenvalue weighted by Crippen LogP contribution is 2.35. The van der Waals surface area contributed by atoms with Crippen molar-refractivity contribution >= 4 is 40.5 Å². The fourth-order valence-electron chi connectivity index (χ4n) is 4.16. The van der Waals surface area contributed by atoms with Crippen molar-refractivity contribution in [2.75, 3.05) is 41.9 Å². The molecule has 0 aliphatic carbocycles. The van der Waals surface area contributed by atoms with Gasteiger partial charge in [0.1, 0.15) is 5.75 Å². The lowest BCUT2D eigenvalue weighted by molar-refractivity contribution is -0.122. The first-order valence-corrected chi connectivity index (χ1v) is 10.6. The van der Waals surface area contributed by atoms with Gasteiger partial charge in [-0.2, -0.15) is 0 Å². The first kappa shape index (κ1) is 20.5. The van der Waals surface area contributed by atoms with Crippen molar-refractivity contribution in [2.24, 2.45) is 11.8 Å². The number of methoxy groups -OCH3 is 1. The van der Waals surface area contributed by atoms with E-state index in [-0.39, 0.29) is 18.2 Å². The van der Waals surface area contributed by atoms with Crippen molar-refractivity contribution in [3.05, 3.63) is 47.5 Å². The van der Waals surface area contributed by atoms with Gasteiger partial charge in [-0.1, -0.05) is 18.5 Å². The SMILES string of the molecule is COc1ccc(Cl)cc1N1CC(C(=O)Nc2ccc(N3CCC(C)C3)cc2)CC1=O. The van der Waals surface area contributed by atoms with E-state index >= 15 is 0 Å². The van der Waals surface area contributed by atoms with Gasteiger partial charge in [-0.25, -0.2) is 0 Å². The monoisotopic (exact) mass is 427 g/mol. The minimum atomic E-state index is -0.430. The summed E-state index contributed by atoms with van der Waals surface area (Å²) in [6, 6.07) is 13.0. The number of anilines is 3. The second-order valence-electron chi connectivity index (χ2n) is 8.10. The standard InChI is InChI=1S/C23H26ClN3O3/c1-15-9-10-26(13-15)19-6-4-18(5-7-19)25-23(29)16-11-22(28)27(14-16)20-12-17(24)3-8-21(20)30-2/h3-8,12,15-16H,9-11,13-14H2,1-2H3,(H,25,29). The zero-order valence-electron chi connectivity index (χ0n) is 17.2. The molecule has 2 aliphatic rings. The van der Waals surface area contributed by atoms with Crippen LogP contribution in [0.2, 0.25) is 5.02 Å². The lowest BCUT2D eigenvalue weighted by Crippen LogP contribution is -2.28. The van der Waals surface area contributed by atoms with Gasteiger partial charge in [0, 0.05) is 42.5 Å². The molecule has 2 aromatic carbocycles. The van der Waals surface area contributed by atoms with E-state index in [1.54, 1.807) is 30.2 Å². The zero-order valence-corrected chi connectivity index (χ0v) is 18.0. The molecule has 0 bridgehead atoms. The summed E-state index contributed by atoms with van der Waals surface area (Å²) in [5, 5.41) is 3.46. The molecule has 6 nitrogen and oxygen atoms in total. The number of hydrogen-bond donors (Lipinski definition) is 1. The van der Waals surface area contributed by atoms with E-state index in [1.807, 2.05) is 24.3 Å². The van der Waals surface area contributed by atoms with Crippen LogP contribution in [-0.2, 0) is 9.59 Å². The normalized spacial score (nSPS) is 21.2. The molecule has 0 saturated carbocycles. The van der Waals surface area contributed by atoms with Gasteiger partial charge in [-0.15, -0.1) is 0 Å². The number of halogens is 1. The Morgan fingerprint density at radius 2 is 1.93 bits per heavy atom. The Hall–Kier alpha value is -2.73. The molecule has 2 amide bonds. The molecule has 2 aromatic rings. The summed E-state index contributed by atoms with van der Waals surface area (Å²) in [5.74, 6) is 0.565. The van der Waals surface area contributed by atoms with Crippen LogP contribution in [0.3, 0.4) is 0 Å². The molecule has 4 rings (SSSR count). The van der Waals surface area contributed by atoms with E-state index in [0.717, 1.165) is 18.8 Å². The topological polar surface area (TPSA) is 61.9 Å². The second-order valence-corrected chi connectivity index (χ2v) is 8.53. The van der Waals surface area contributed by atoms with Crippen LogP contribution in [0.15, 0.2) is 42.5 Å². The van der Waals surface area contributed by atoms with Gasteiger partial charge in [-0.3, -0.25) is 9.59 Å². The minimum Gasteiger partial charge on any atom is -0.495 e. The summed E-state index contributed by atoms with van der Waals surface area (Å²) in [4.78, 5) is 29.3. The van der Waals surface area contributed by atoms with Crippen molar-refractivity contribution in [3.63, 3.8) is 0 Å². The van der Waals surface area contributed by atoms with Crippen molar-refractivity contribution in [1.29, 1.82) is 0 Å². The van der Waals surface area contributed by atoms with Crippen molar-refractivity contribution in [1.82, 2.24) is 0 Å². The summed E-state index contributed by atoms with van der Waals surface area (Å²) in [6.07, 6.45) is 1.37. The highest BCUT2D eigenvalue weighted by Gasteiger charge is 2.36. The summed E-state index contributed by atoms with van der Waals surface area (Å²) in [7, 11) is 1.55. The summed E-state index contributed by atoms with van der Waals surface area (Å²) in [6.45, 7) is 4.70. The van der Waals surface area contributed by atoms with Gasteiger partial charge in [-0.05, 0) is 54.8 Å². The van der Waals surface area contributed by atoms with Crippen LogP contribution in [-0.4, -0.2) is 38.6 Å². The maximum Gasteiger partial charge on any atom is 0.229 e. The van der Waals surface area contributed by atoms with E-state index in [2.05, 4.69) is 17.1 Å². The molecule has 158 valence electrons. The number of hydrogen-bond acceptors (Lipinski definition) is 4. The number of benzene rings is 2. The lowest BCUT2D eigenvalue weighted by Gasteiger charge is -2.20. The Bertz CT molecular complexity index is 947. The predicted molar refractivity (Wildman–Crippen MR) is 120 cm³/mol. The molecule has 2 unspecified atom stereocenters. The minimum absolute atomic E-state index is 0.116. The Balaban J connectivity index is 1.41. The average molecular weight is 428 g/mol. The maximum absolute atomic E-state index is 12.8. The van der Waals surface area contributed by atoms with Crippen LogP contribution < -0.4 is 19.9 Å². The Kier molecular flexibility index (Phi) is 5.86. The van der Waals surface area contributed by atoms with Crippen LogP contribution in [0.25, 0.3) is 0 Å². The molecule has 0 radical (unpaired) electrons.